The maximum atomic E-state index is 14.4. The zero-order valence-electron chi connectivity index (χ0n) is 34.6. The van der Waals surface area contributed by atoms with Crippen LogP contribution in [-0.4, -0.2) is 169 Å². The number of hydrogen-bond acceptors (Lipinski definition) is 14. The SMILES string of the molecule is CC[C@H](C)[C@@H]1NC(=O)CNC(=O)C2Cc3c([nH]c4cc(O)ccc34)SCC(NC(=O)CNC1=O)C(=O)N[C@@H](CC(=O)O)C(=O)N1C[C@H](O)C[C@H]1C(=O)N[C@@H]([C@@H](C)[C@@H](O)CO)C(=O)N2. The first kappa shape index (κ1) is 48.1. The Bertz CT molecular complexity index is 2120. The Kier molecular flexibility index (Phi) is 16.0. The maximum Gasteiger partial charge on any atom is 0.305 e. The number of carbonyl (C=O) groups is 9. The number of carboxylic acid groups (broad SMARTS) is 1. The number of aromatic hydroxyl groups is 1. The van der Waals surface area contributed by atoms with E-state index < -0.39 is 153 Å². The van der Waals surface area contributed by atoms with E-state index >= 15 is 0 Å². The van der Waals surface area contributed by atoms with E-state index in [9.17, 15) is 68.7 Å². The first-order valence-electron chi connectivity index (χ1n) is 20.3. The third-order valence-electron chi connectivity index (χ3n) is 11.4. The van der Waals surface area contributed by atoms with E-state index in [1.807, 2.05) is 0 Å². The summed E-state index contributed by atoms with van der Waals surface area (Å²) in [7, 11) is 0. The van der Waals surface area contributed by atoms with Gasteiger partial charge in [-0.15, -0.1) is 11.8 Å². The fourth-order valence-electron chi connectivity index (χ4n) is 7.54. The Hall–Kier alpha value is -5.98. The first-order valence-corrected chi connectivity index (χ1v) is 21.3. The monoisotopic (exact) mass is 903 g/mol. The van der Waals surface area contributed by atoms with Crippen molar-refractivity contribution in [2.75, 3.05) is 32.0 Å². The van der Waals surface area contributed by atoms with Crippen molar-refractivity contribution in [3.8, 4) is 5.75 Å². The molecule has 2 unspecified atom stereocenters. The van der Waals surface area contributed by atoms with Crippen molar-refractivity contribution >= 4 is 75.9 Å². The standard InChI is InChI=1S/C39H53N9O14S/c1-4-16(2)31-36(60)41-11-28(53)42-25-15-63-38-21(20-6-5-18(50)7-22(20)45-38)9-23(33(57)40-12-29(54)46-31)43-37(61)32(17(3)27(52)14-49)47-35(59)26-8-19(51)13-48(26)39(62)24(10-30(55)56)44-34(25)58/h5-7,16-17,19,23-27,31-32,45,49-52H,4,8-15H2,1-3H3,(H,40,57)(H,41,60)(H,42,53)(H,43,61)(H,44,58)(H,46,54)(H,47,59)(H,55,56)/t16-,17-,19+,23?,24-,25?,26-,27-,31-,32-/m0/s1. The molecular weight excluding hydrogens is 851 g/mol. The molecule has 4 heterocycles. The van der Waals surface area contributed by atoms with E-state index in [0.29, 0.717) is 22.9 Å². The van der Waals surface area contributed by atoms with Crippen molar-refractivity contribution < 1.29 is 68.7 Å². The molecule has 2 aromatic rings. The molecule has 1 aromatic carbocycles. The molecule has 8 amide bonds. The number of nitrogens with zero attached hydrogens (tertiary/aromatic N) is 1. The lowest BCUT2D eigenvalue weighted by Gasteiger charge is -2.32. The molecule has 0 saturated carbocycles. The summed E-state index contributed by atoms with van der Waals surface area (Å²) < 4.78 is 0. The molecule has 63 heavy (non-hydrogen) atoms. The molecule has 1 saturated heterocycles. The van der Waals surface area contributed by atoms with Gasteiger partial charge < -0.3 is 72.6 Å². The molecular formula is C39H53N9O14S. The van der Waals surface area contributed by atoms with Crippen molar-refractivity contribution in [1.29, 1.82) is 0 Å². The minimum atomic E-state index is -1.87. The number of rotatable bonds is 7. The van der Waals surface area contributed by atoms with Gasteiger partial charge in [0.15, 0.2) is 0 Å². The van der Waals surface area contributed by atoms with Gasteiger partial charge in [0, 0.05) is 42.5 Å². The van der Waals surface area contributed by atoms with Crippen LogP contribution in [0.15, 0.2) is 23.2 Å². The van der Waals surface area contributed by atoms with Crippen LogP contribution in [-0.2, 0) is 49.6 Å². The van der Waals surface area contributed by atoms with Gasteiger partial charge in [-0.05, 0) is 23.6 Å². The summed E-state index contributed by atoms with van der Waals surface area (Å²) in [5.41, 5.74) is 0.660. The lowest BCUT2D eigenvalue weighted by Crippen LogP contribution is -2.62. The average Bonchev–Trinajstić information content (AvgIpc) is 3.80. The van der Waals surface area contributed by atoms with Crippen LogP contribution in [0, 0.1) is 11.8 Å². The number of H-pyrrole nitrogens is 1. The molecule has 0 aliphatic carbocycles. The number of aliphatic hydroxyl groups excluding tert-OH is 3. The zero-order valence-corrected chi connectivity index (χ0v) is 35.5. The number of carbonyl (C=O) groups excluding carboxylic acids is 8. The summed E-state index contributed by atoms with van der Waals surface area (Å²) >= 11 is 0.924. The highest BCUT2D eigenvalue weighted by Gasteiger charge is 2.45. The van der Waals surface area contributed by atoms with Gasteiger partial charge in [-0.25, -0.2) is 0 Å². The van der Waals surface area contributed by atoms with E-state index in [4.69, 9.17) is 0 Å². The molecule has 3 aliphatic rings. The largest absolute Gasteiger partial charge is 0.508 e. The zero-order chi connectivity index (χ0) is 46.3. The number of amides is 8. The van der Waals surface area contributed by atoms with Crippen LogP contribution in [0.25, 0.3) is 10.9 Å². The number of phenolic OH excluding ortho intramolecular Hbond substituents is 1. The van der Waals surface area contributed by atoms with Crippen molar-refractivity contribution in [1.82, 2.24) is 47.1 Å². The molecule has 10 atom stereocenters. The predicted molar refractivity (Wildman–Crippen MR) is 220 cm³/mol. The third kappa shape index (κ3) is 11.7. The molecule has 13 N–H and O–H groups in total. The number of aromatic amines is 1. The average molecular weight is 904 g/mol. The number of aliphatic hydroxyl groups is 3. The Labute approximate surface area is 364 Å². The molecule has 3 aliphatic heterocycles. The third-order valence-corrected chi connectivity index (χ3v) is 12.5. The molecule has 1 fully saturated rings. The second-order valence-corrected chi connectivity index (χ2v) is 16.9. The summed E-state index contributed by atoms with van der Waals surface area (Å²) in [6, 6.07) is -5.29. The smallest absolute Gasteiger partial charge is 0.305 e. The summed E-state index contributed by atoms with van der Waals surface area (Å²) in [6.07, 6.45) is -4.34. The van der Waals surface area contributed by atoms with Gasteiger partial charge in [-0.3, -0.25) is 43.2 Å². The molecule has 5 rings (SSSR count). The summed E-state index contributed by atoms with van der Waals surface area (Å²) in [6.45, 7) is 1.97. The fourth-order valence-corrected chi connectivity index (χ4v) is 8.65. The molecule has 0 spiro atoms. The Morgan fingerprint density at radius 2 is 1.54 bits per heavy atom. The van der Waals surface area contributed by atoms with Gasteiger partial charge in [-0.2, -0.15) is 0 Å². The Morgan fingerprint density at radius 3 is 2.21 bits per heavy atom. The van der Waals surface area contributed by atoms with Gasteiger partial charge in [0.2, 0.25) is 47.3 Å². The van der Waals surface area contributed by atoms with Gasteiger partial charge >= 0.3 is 5.97 Å². The number of nitrogens with one attached hydrogen (secondary N) is 8. The highest BCUT2D eigenvalue weighted by atomic mass is 32.2. The normalized spacial score (nSPS) is 27.6. The highest BCUT2D eigenvalue weighted by Crippen LogP contribution is 2.33. The highest BCUT2D eigenvalue weighted by molar-refractivity contribution is 7.99. The van der Waals surface area contributed by atoms with Crippen LogP contribution >= 0.6 is 11.8 Å². The molecule has 344 valence electrons. The number of fused-ring (bicyclic) bond motifs is 5. The van der Waals surface area contributed by atoms with Crippen LogP contribution in [0.5, 0.6) is 5.75 Å². The van der Waals surface area contributed by atoms with E-state index in [2.05, 4.69) is 42.2 Å². The molecule has 1 aromatic heterocycles. The van der Waals surface area contributed by atoms with E-state index in [-0.39, 0.29) is 22.9 Å². The summed E-state index contributed by atoms with van der Waals surface area (Å²) in [5, 5.41) is 69.4. The Morgan fingerprint density at radius 1 is 0.857 bits per heavy atom. The maximum absolute atomic E-state index is 14.4. The van der Waals surface area contributed by atoms with Gasteiger partial charge in [0.25, 0.3) is 0 Å². The van der Waals surface area contributed by atoms with E-state index in [0.717, 1.165) is 16.7 Å². The molecule has 23 nitrogen and oxygen atoms in total. The minimum absolute atomic E-state index is 0.157. The van der Waals surface area contributed by atoms with Crippen LogP contribution < -0.4 is 37.2 Å². The lowest BCUT2D eigenvalue weighted by atomic mass is 9.93. The topological polar surface area (TPSA) is 358 Å². The second kappa shape index (κ2) is 20.9. The van der Waals surface area contributed by atoms with Crippen LogP contribution in [0.3, 0.4) is 0 Å². The minimum Gasteiger partial charge on any atom is -0.508 e. The fraction of sp³-hybridized carbons (Fsp3) is 0.564. The number of carboxylic acids is 1. The number of hydrogen-bond donors (Lipinski definition) is 13. The number of thioether (sulfide) groups is 1. The summed E-state index contributed by atoms with van der Waals surface area (Å²) in [4.78, 5) is 127. The van der Waals surface area contributed by atoms with Crippen molar-refractivity contribution in [3.63, 3.8) is 0 Å². The molecule has 2 bridgehead atoms. The van der Waals surface area contributed by atoms with E-state index in [1.165, 1.54) is 25.1 Å². The molecule has 24 heteroatoms. The number of aromatic nitrogens is 1. The van der Waals surface area contributed by atoms with Crippen LogP contribution in [0.4, 0.5) is 0 Å². The van der Waals surface area contributed by atoms with Gasteiger partial charge in [0.1, 0.15) is 42.0 Å². The van der Waals surface area contributed by atoms with Crippen molar-refractivity contribution in [3.05, 3.63) is 23.8 Å². The second-order valence-electron chi connectivity index (χ2n) is 15.9. The molecule has 0 radical (unpaired) electrons. The van der Waals surface area contributed by atoms with Gasteiger partial charge in [-0.1, -0.05) is 27.2 Å². The van der Waals surface area contributed by atoms with Crippen LogP contribution in [0.2, 0.25) is 0 Å². The first-order chi connectivity index (χ1) is 29.8. The van der Waals surface area contributed by atoms with Gasteiger partial charge in [0.05, 0.1) is 48.9 Å². The number of benzene rings is 1. The summed E-state index contributed by atoms with van der Waals surface area (Å²) in [5.74, 6) is -11.5. The van der Waals surface area contributed by atoms with E-state index in [1.54, 1.807) is 13.8 Å². The van der Waals surface area contributed by atoms with Crippen LogP contribution in [0.1, 0.15) is 45.6 Å². The van der Waals surface area contributed by atoms with Crippen molar-refractivity contribution in [2.45, 2.75) is 99.9 Å². The quantitative estimate of drug-likeness (QED) is 0.125. The number of phenols is 1. The number of aliphatic carboxylic acids is 1. The Balaban J connectivity index is 1.70. The lowest BCUT2D eigenvalue weighted by molar-refractivity contribution is -0.146. The van der Waals surface area contributed by atoms with Crippen molar-refractivity contribution in [2.24, 2.45) is 11.8 Å². The predicted octanol–water partition coefficient (Wildman–Crippen LogP) is -4.34.